The minimum Gasteiger partial charge on any atom is -0.358 e. The predicted molar refractivity (Wildman–Crippen MR) is 119 cm³/mol. The van der Waals surface area contributed by atoms with Gasteiger partial charge in [-0.05, 0) is 69.1 Å². The van der Waals surface area contributed by atoms with Crippen molar-refractivity contribution in [3.05, 3.63) is 52.7 Å². The molecule has 0 bridgehead atoms. The SMILES string of the molecule is CNC(=O)CN1CCC(c2cc3c(-c4ccc(=O)n(C(C)C)c4)ccnc3[nH]2)CC1. The number of aromatic nitrogens is 3. The van der Waals surface area contributed by atoms with Gasteiger partial charge in [0.2, 0.25) is 5.91 Å². The molecule has 0 aliphatic carbocycles. The number of aromatic amines is 1. The standard InChI is InChI=1S/C23H29N5O2/c1-15(2)28-13-17(4-5-22(28)30)18-6-9-25-23-19(18)12-20(26-23)16-7-10-27(11-8-16)14-21(29)24-3/h4-6,9,12-13,15-16H,7-8,10-11,14H2,1-3H3,(H,24,29)(H,25,26). The molecule has 0 aromatic carbocycles. The van der Waals surface area contributed by atoms with Gasteiger partial charge in [-0.1, -0.05) is 0 Å². The lowest BCUT2D eigenvalue weighted by molar-refractivity contribution is -0.122. The van der Waals surface area contributed by atoms with Crippen LogP contribution in [-0.2, 0) is 4.79 Å². The highest BCUT2D eigenvalue weighted by atomic mass is 16.2. The normalized spacial score (nSPS) is 15.7. The number of amides is 1. The highest BCUT2D eigenvalue weighted by molar-refractivity contribution is 5.93. The Labute approximate surface area is 176 Å². The summed E-state index contributed by atoms with van der Waals surface area (Å²) in [5, 5.41) is 3.77. The molecule has 1 fully saturated rings. The average molecular weight is 408 g/mol. The third-order valence-electron chi connectivity index (χ3n) is 6.03. The van der Waals surface area contributed by atoms with Gasteiger partial charge < -0.3 is 14.9 Å². The van der Waals surface area contributed by atoms with Crippen LogP contribution in [0.5, 0.6) is 0 Å². The summed E-state index contributed by atoms with van der Waals surface area (Å²) < 4.78 is 1.76. The number of hydrogen-bond acceptors (Lipinski definition) is 4. The van der Waals surface area contributed by atoms with E-state index in [-0.39, 0.29) is 17.5 Å². The molecule has 0 saturated carbocycles. The van der Waals surface area contributed by atoms with Gasteiger partial charge in [0.05, 0.1) is 6.54 Å². The number of nitrogens with one attached hydrogen (secondary N) is 2. The maximum Gasteiger partial charge on any atom is 0.250 e. The van der Waals surface area contributed by atoms with Crippen molar-refractivity contribution >= 4 is 16.9 Å². The number of hydrogen-bond donors (Lipinski definition) is 2. The number of nitrogens with zero attached hydrogens (tertiary/aromatic N) is 3. The average Bonchev–Trinajstić information content (AvgIpc) is 3.19. The number of likely N-dealkylation sites (N-methyl/N-ethyl adjacent to an activating group) is 1. The van der Waals surface area contributed by atoms with Gasteiger partial charge in [-0.3, -0.25) is 14.5 Å². The molecule has 1 aliphatic rings. The number of H-pyrrole nitrogens is 1. The predicted octanol–water partition coefficient (Wildman–Crippen LogP) is 2.90. The molecule has 7 nitrogen and oxygen atoms in total. The van der Waals surface area contributed by atoms with Gasteiger partial charge in [-0.15, -0.1) is 0 Å². The summed E-state index contributed by atoms with van der Waals surface area (Å²) in [6.07, 6.45) is 5.77. The maximum atomic E-state index is 12.1. The zero-order chi connectivity index (χ0) is 21.3. The van der Waals surface area contributed by atoms with E-state index in [0.717, 1.165) is 48.1 Å². The number of pyridine rings is 2. The smallest absolute Gasteiger partial charge is 0.250 e. The van der Waals surface area contributed by atoms with E-state index in [1.165, 1.54) is 5.69 Å². The number of carbonyl (C=O) groups excluding carboxylic acids is 1. The molecule has 1 aliphatic heterocycles. The van der Waals surface area contributed by atoms with Crippen LogP contribution in [0.25, 0.3) is 22.2 Å². The van der Waals surface area contributed by atoms with Crippen molar-refractivity contribution in [1.82, 2.24) is 24.8 Å². The topological polar surface area (TPSA) is 83.0 Å². The van der Waals surface area contributed by atoms with Crippen LogP contribution < -0.4 is 10.9 Å². The zero-order valence-corrected chi connectivity index (χ0v) is 17.8. The maximum absolute atomic E-state index is 12.1. The number of fused-ring (bicyclic) bond motifs is 1. The van der Waals surface area contributed by atoms with Gasteiger partial charge in [-0.2, -0.15) is 0 Å². The quantitative estimate of drug-likeness (QED) is 0.681. The zero-order valence-electron chi connectivity index (χ0n) is 17.8. The summed E-state index contributed by atoms with van der Waals surface area (Å²) >= 11 is 0. The molecule has 4 rings (SSSR count). The second kappa shape index (κ2) is 8.44. The number of carbonyl (C=O) groups is 1. The second-order valence-corrected chi connectivity index (χ2v) is 8.33. The summed E-state index contributed by atoms with van der Waals surface area (Å²) in [6, 6.07) is 7.85. The van der Waals surface area contributed by atoms with Crippen LogP contribution in [0.2, 0.25) is 0 Å². The van der Waals surface area contributed by atoms with Gasteiger partial charge in [-0.25, -0.2) is 4.98 Å². The lowest BCUT2D eigenvalue weighted by Gasteiger charge is -2.30. The van der Waals surface area contributed by atoms with Crippen LogP contribution in [0, 0.1) is 0 Å². The van der Waals surface area contributed by atoms with Gasteiger partial charge in [0.1, 0.15) is 5.65 Å². The lowest BCUT2D eigenvalue weighted by Crippen LogP contribution is -2.40. The number of likely N-dealkylation sites (tertiary alicyclic amines) is 1. The van der Waals surface area contributed by atoms with E-state index < -0.39 is 0 Å². The molecule has 0 atom stereocenters. The Kier molecular flexibility index (Phi) is 5.72. The first-order valence-corrected chi connectivity index (χ1v) is 10.6. The Morgan fingerprint density at radius 1 is 1.27 bits per heavy atom. The Hall–Kier alpha value is -2.93. The Morgan fingerprint density at radius 2 is 2.03 bits per heavy atom. The third kappa shape index (κ3) is 4.03. The minimum atomic E-state index is 0.0114. The van der Waals surface area contributed by atoms with Crippen LogP contribution in [0.15, 0.2) is 41.5 Å². The molecular weight excluding hydrogens is 378 g/mol. The summed E-state index contributed by atoms with van der Waals surface area (Å²) in [7, 11) is 1.68. The molecule has 2 N–H and O–H groups in total. The number of rotatable bonds is 5. The molecule has 158 valence electrons. The van der Waals surface area contributed by atoms with Crippen LogP contribution in [0.3, 0.4) is 0 Å². The van der Waals surface area contributed by atoms with E-state index in [1.54, 1.807) is 17.7 Å². The van der Waals surface area contributed by atoms with E-state index in [2.05, 4.69) is 26.3 Å². The fourth-order valence-electron chi connectivity index (χ4n) is 4.27. The van der Waals surface area contributed by atoms with E-state index in [0.29, 0.717) is 12.5 Å². The molecule has 0 spiro atoms. The van der Waals surface area contributed by atoms with Crippen molar-refractivity contribution in [2.45, 2.75) is 38.6 Å². The summed E-state index contributed by atoms with van der Waals surface area (Å²) in [6.45, 7) is 6.31. The number of piperidine rings is 1. The Morgan fingerprint density at radius 3 is 2.73 bits per heavy atom. The first kappa shape index (κ1) is 20.3. The Balaban J connectivity index is 1.60. The van der Waals surface area contributed by atoms with Crippen LogP contribution >= 0.6 is 0 Å². The summed E-state index contributed by atoms with van der Waals surface area (Å²) in [4.78, 5) is 34.0. The molecule has 30 heavy (non-hydrogen) atoms. The molecule has 7 heteroatoms. The van der Waals surface area contributed by atoms with E-state index in [4.69, 9.17) is 0 Å². The fourth-order valence-corrected chi connectivity index (χ4v) is 4.27. The Bertz CT molecular complexity index is 1110. The minimum absolute atomic E-state index is 0.0114. The van der Waals surface area contributed by atoms with Crippen molar-refractivity contribution in [2.24, 2.45) is 0 Å². The molecule has 4 heterocycles. The van der Waals surface area contributed by atoms with Crippen LogP contribution in [0.1, 0.15) is 44.3 Å². The van der Waals surface area contributed by atoms with Gasteiger partial charge >= 0.3 is 0 Å². The summed E-state index contributed by atoms with van der Waals surface area (Å²) in [5.74, 6) is 0.494. The highest BCUT2D eigenvalue weighted by Gasteiger charge is 2.23. The first-order chi connectivity index (χ1) is 14.5. The van der Waals surface area contributed by atoms with E-state index in [9.17, 15) is 9.59 Å². The molecule has 1 amide bonds. The first-order valence-electron chi connectivity index (χ1n) is 10.6. The highest BCUT2D eigenvalue weighted by Crippen LogP contribution is 2.33. The van der Waals surface area contributed by atoms with Crippen molar-refractivity contribution in [3.63, 3.8) is 0 Å². The van der Waals surface area contributed by atoms with Crippen molar-refractivity contribution in [3.8, 4) is 11.1 Å². The molecule has 3 aromatic rings. The van der Waals surface area contributed by atoms with Crippen molar-refractivity contribution < 1.29 is 4.79 Å². The van der Waals surface area contributed by atoms with E-state index >= 15 is 0 Å². The molecule has 0 radical (unpaired) electrons. The fraction of sp³-hybridized carbons (Fsp3) is 0.435. The van der Waals surface area contributed by atoms with Crippen LogP contribution in [-0.4, -0.2) is 52.0 Å². The third-order valence-corrected chi connectivity index (χ3v) is 6.03. The van der Waals surface area contributed by atoms with Gasteiger partial charge in [0.15, 0.2) is 0 Å². The van der Waals surface area contributed by atoms with Gasteiger partial charge in [0.25, 0.3) is 5.56 Å². The molecular formula is C23H29N5O2. The summed E-state index contributed by atoms with van der Waals surface area (Å²) in [5.41, 5.74) is 4.17. The second-order valence-electron chi connectivity index (χ2n) is 8.33. The molecule has 3 aromatic heterocycles. The molecule has 0 unspecified atom stereocenters. The van der Waals surface area contributed by atoms with Gasteiger partial charge in [0, 0.05) is 48.5 Å². The van der Waals surface area contributed by atoms with Crippen molar-refractivity contribution in [2.75, 3.05) is 26.7 Å². The largest absolute Gasteiger partial charge is 0.358 e. The monoisotopic (exact) mass is 407 g/mol. The lowest BCUT2D eigenvalue weighted by atomic mass is 9.93. The molecule has 1 saturated heterocycles. The van der Waals surface area contributed by atoms with Crippen molar-refractivity contribution in [1.29, 1.82) is 0 Å². The van der Waals surface area contributed by atoms with E-state index in [1.807, 2.05) is 38.4 Å². The van der Waals surface area contributed by atoms with Crippen LogP contribution in [0.4, 0.5) is 0 Å².